The molecule has 186 valence electrons. The highest BCUT2D eigenvalue weighted by atomic mass is 32.2. The molecule has 1 saturated heterocycles. The summed E-state index contributed by atoms with van der Waals surface area (Å²) >= 11 is 0. The van der Waals surface area contributed by atoms with Gasteiger partial charge in [-0.15, -0.1) is 0 Å². The third kappa shape index (κ3) is 5.24. The van der Waals surface area contributed by atoms with Gasteiger partial charge in [-0.3, -0.25) is 4.90 Å². The molecule has 3 amide bonds. The van der Waals surface area contributed by atoms with Crippen LogP contribution < -0.4 is 10.0 Å². The van der Waals surface area contributed by atoms with E-state index >= 15 is 0 Å². The predicted octanol–water partition coefficient (Wildman–Crippen LogP) is 4.42. The van der Waals surface area contributed by atoms with Crippen molar-refractivity contribution in [1.29, 1.82) is 0 Å². The fourth-order valence-corrected chi connectivity index (χ4v) is 6.20. The topological polar surface area (TPSA) is 105 Å². The Kier molecular flexibility index (Phi) is 7.21. The highest BCUT2D eigenvalue weighted by Gasteiger charge is 2.39. The second-order valence-corrected chi connectivity index (χ2v) is 11.3. The van der Waals surface area contributed by atoms with Crippen LogP contribution >= 0.6 is 0 Å². The Hall–Kier alpha value is -2.55. The Labute approximate surface area is 202 Å². The standard InChI is InChI=1S/C25H35N3O5S/c1-3-4-15-33-24(30)28-14-7-12-25(28,2)13-16-34(31,32)27-23(29)26-22-20-10-5-8-18(20)17-19-9-6-11-21(19)22/h13,16-17H,3-12,14-15H2,1-2H3,(H2,26,27,29)/b16-13+/t25-/m0/s1. The lowest BCUT2D eigenvalue weighted by atomic mass is 9.99. The van der Waals surface area contributed by atoms with Crippen LogP contribution in [0.5, 0.6) is 0 Å². The lowest BCUT2D eigenvalue weighted by Crippen LogP contribution is -2.44. The van der Waals surface area contributed by atoms with Crippen LogP contribution in [0, 0.1) is 0 Å². The van der Waals surface area contributed by atoms with Crippen LogP contribution in [0.25, 0.3) is 0 Å². The number of ether oxygens (including phenoxy) is 1. The fraction of sp³-hybridized carbons (Fsp3) is 0.600. The van der Waals surface area contributed by atoms with Crippen molar-refractivity contribution in [3.63, 3.8) is 0 Å². The number of hydrogen-bond acceptors (Lipinski definition) is 5. The van der Waals surface area contributed by atoms with Gasteiger partial charge in [-0.2, -0.15) is 0 Å². The maximum Gasteiger partial charge on any atom is 0.410 e. The maximum absolute atomic E-state index is 12.7. The lowest BCUT2D eigenvalue weighted by molar-refractivity contribution is 0.0864. The molecule has 2 N–H and O–H groups in total. The fourth-order valence-electron chi connectivity index (χ4n) is 5.35. The van der Waals surface area contributed by atoms with Crippen molar-refractivity contribution >= 4 is 27.8 Å². The highest BCUT2D eigenvalue weighted by molar-refractivity contribution is 7.92. The molecule has 1 aromatic carbocycles. The van der Waals surface area contributed by atoms with E-state index in [0.29, 0.717) is 19.6 Å². The summed E-state index contributed by atoms with van der Waals surface area (Å²) in [5.74, 6) is 0. The van der Waals surface area contributed by atoms with Crippen LogP contribution in [0.2, 0.25) is 0 Å². The number of aryl methyl sites for hydroxylation is 2. The Morgan fingerprint density at radius 1 is 1.12 bits per heavy atom. The summed E-state index contributed by atoms with van der Waals surface area (Å²) in [7, 11) is -4.05. The Morgan fingerprint density at radius 2 is 1.79 bits per heavy atom. The van der Waals surface area contributed by atoms with E-state index < -0.39 is 27.7 Å². The number of urea groups is 1. The second kappa shape index (κ2) is 9.98. The van der Waals surface area contributed by atoms with Gasteiger partial charge in [0.1, 0.15) is 0 Å². The van der Waals surface area contributed by atoms with Gasteiger partial charge in [-0.1, -0.05) is 19.4 Å². The lowest BCUT2D eigenvalue weighted by Gasteiger charge is -2.31. The van der Waals surface area contributed by atoms with E-state index in [2.05, 4.69) is 16.1 Å². The molecule has 34 heavy (non-hydrogen) atoms. The van der Waals surface area contributed by atoms with Gasteiger partial charge in [0.15, 0.2) is 0 Å². The van der Waals surface area contributed by atoms with E-state index in [1.54, 1.807) is 4.90 Å². The Bertz CT molecular complexity index is 1070. The number of carbonyl (C=O) groups excluding carboxylic acids is 2. The third-order valence-corrected chi connectivity index (χ3v) is 8.14. The smallest absolute Gasteiger partial charge is 0.410 e. The van der Waals surface area contributed by atoms with Crippen molar-refractivity contribution in [3.8, 4) is 0 Å². The second-order valence-electron chi connectivity index (χ2n) is 9.72. The molecule has 1 atom stereocenters. The van der Waals surface area contributed by atoms with Crippen molar-refractivity contribution in [1.82, 2.24) is 9.62 Å². The van der Waals surface area contributed by atoms with Gasteiger partial charge in [-0.05, 0) is 93.0 Å². The summed E-state index contributed by atoms with van der Waals surface area (Å²) in [4.78, 5) is 26.7. The molecule has 0 unspecified atom stereocenters. The zero-order valence-electron chi connectivity index (χ0n) is 20.1. The van der Waals surface area contributed by atoms with Crippen molar-refractivity contribution in [2.45, 2.75) is 83.6 Å². The van der Waals surface area contributed by atoms with Crippen LogP contribution in [-0.4, -0.2) is 44.1 Å². The molecule has 0 bridgehead atoms. The first kappa shape index (κ1) is 24.6. The molecule has 9 heteroatoms. The number of amides is 3. The van der Waals surface area contributed by atoms with E-state index in [0.717, 1.165) is 80.0 Å². The molecule has 0 spiro atoms. The number of sulfonamides is 1. The molecular formula is C25H35N3O5S. The van der Waals surface area contributed by atoms with Gasteiger partial charge >= 0.3 is 12.1 Å². The average molecular weight is 490 g/mol. The first-order valence-electron chi connectivity index (χ1n) is 12.4. The minimum Gasteiger partial charge on any atom is -0.449 e. The maximum atomic E-state index is 12.7. The van der Waals surface area contributed by atoms with E-state index in [9.17, 15) is 18.0 Å². The largest absolute Gasteiger partial charge is 0.449 e. The number of benzene rings is 1. The molecule has 0 saturated carbocycles. The van der Waals surface area contributed by atoms with E-state index in [4.69, 9.17) is 4.74 Å². The van der Waals surface area contributed by atoms with E-state index in [-0.39, 0.29) is 0 Å². The molecule has 1 heterocycles. The van der Waals surface area contributed by atoms with Crippen LogP contribution in [0.4, 0.5) is 15.3 Å². The van der Waals surface area contributed by atoms with Crippen LogP contribution in [0.3, 0.4) is 0 Å². The number of unbranched alkanes of at least 4 members (excludes halogenated alkanes) is 1. The number of rotatable bonds is 7. The molecule has 4 rings (SSSR count). The summed E-state index contributed by atoms with van der Waals surface area (Å²) in [6, 6.07) is 1.50. The van der Waals surface area contributed by atoms with Crippen LogP contribution in [0.15, 0.2) is 17.6 Å². The molecule has 3 aliphatic rings. The van der Waals surface area contributed by atoms with Gasteiger partial charge in [0, 0.05) is 17.6 Å². The van der Waals surface area contributed by atoms with Crippen molar-refractivity contribution < 1.29 is 22.7 Å². The summed E-state index contributed by atoms with van der Waals surface area (Å²) in [5, 5.41) is 3.83. The summed E-state index contributed by atoms with van der Waals surface area (Å²) in [6.45, 7) is 4.68. The molecule has 0 aromatic heterocycles. The van der Waals surface area contributed by atoms with Crippen LogP contribution in [0.1, 0.15) is 74.6 Å². The highest BCUT2D eigenvalue weighted by Crippen LogP contribution is 2.38. The van der Waals surface area contributed by atoms with Gasteiger partial charge in [0.25, 0.3) is 10.0 Å². The minimum atomic E-state index is -4.05. The number of hydrogen-bond donors (Lipinski definition) is 2. The molecule has 1 aromatic rings. The third-order valence-electron chi connectivity index (χ3n) is 7.18. The molecule has 2 aliphatic carbocycles. The van der Waals surface area contributed by atoms with Crippen LogP contribution in [-0.2, 0) is 40.4 Å². The van der Waals surface area contributed by atoms with Crippen molar-refractivity contribution in [3.05, 3.63) is 39.8 Å². The predicted molar refractivity (Wildman–Crippen MR) is 131 cm³/mol. The zero-order valence-corrected chi connectivity index (χ0v) is 20.9. The molecule has 0 radical (unpaired) electrons. The number of nitrogens with zero attached hydrogens (tertiary/aromatic N) is 1. The van der Waals surface area contributed by atoms with Gasteiger partial charge in [0.05, 0.1) is 12.1 Å². The normalized spacial score (nSPS) is 21.5. The summed E-state index contributed by atoms with van der Waals surface area (Å²) in [5.41, 5.74) is 4.81. The quantitative estimate of drug-likeness (QED) is 0.552. The number of fused-ring (bicyclic) bond motifs is 2. The number of likely N-dealkylation sites (tertiary alicyclic amines) is 1. The molecule has 1 fully saturated rings. The Morgan fingerprint density at radius 3 is 2.44 bits per heavy atom. The minimum absolute atomic E-state index is 0.346. The number of carbonyl (C=O) groups is 2. The van der Waals surface area contributed by atoms with E-state index in [1.807, 2.05) is 13.8 Å². The van der Waals surface area contributed by atoms with Crippen molar-refractivity contribution in [2.24, 2.45) is 0 Å². The monoisotopic (exact) mass is 489 g/mol. The SMILES string of the molecule is CCCCOC(=O)N1CCC[C@@]1(C)/C=C/S(=O)(=O)NC(=O)Nc1c2c(cc3c1CCC3)CCC2. The molecular weight excluding hydrogens is 454 g/mol. The Balaban J connectivity index is 1.43. The van der Waals surface area contributed by atoms with Gasteiger partial charge in [-0.25, -0.2) is 22.7 Å². The zero-order chi connectivity index (χ0) is 24.3. The summed E-state index contributed by atoms with van der Waals surface area (Å²) in [6.07, 6.45) is 10.0. The average Bonchev–Trinajstić information content (AvgIpc) is 3.52. The van der Waals surface area contributed by atoms with Gasteiger partial charge in [0.2, 0.25) is 0 Å². The number of nitrogens with one attached hydrogen (secondary N) is 2. The first-order chi connectivity index (χ1) is 16.2. The summed E-state index contributed by atoms with van der Waals surface area (Å²) < 4.78 is 32.8. The molecule has 1 aliphatic heterocycles. The molecule has 8 nitrogen and oxygen atoms in total. The first-order valence-corrected chi connectivity index (χ1v) is 13.9. The number of anilines is 1. The van der Waals surface area contributed by atoms with Crippen molar-refractivity contribution in [2.75, 3.05) is 18.5 Å². The van der Waals surface area contributed by atoms with E-state index in [1.165, 1.54) is 17.2 Å². The van der Waals surface area contributed by atoms with Gasteiger partial charge < -0.3 is 10.1 Å².